The largest absolute Gasteiger partial charge is 0.403 e. The van der Waals surface area contributed by atoms with E-state index >= 15 is 0 Å². The first-order valence-electron chi connectivity index (χ1n) is 4.90. The smallest absolute Gasteiger partial charge is 0 e. The van der Waals surface area contributed by atoms with E-state index in [1.54, 1.807) is 12.4 Å². The van der Waals surface area contributed by atoms with E-state index in [9.17, 15) is 0 Å². The second kappa shape index (κ2) is 5.43. The minimum atomic E-state index is 0. The van der Waals surface area contributed by atoms with Crippen molar-refractivity contribution in [2.24, 2.45) is 0 Å². The second-order valence-electron chi connectivity index (χ2n) is 3.32. The standard InChI is InChI=1S/C13H7N3.Y/c1-2-4-11-10(3-1)5-6-12(16-11)13-9-14-7-8-15-13;/h1-5,7-8H;/q-2;. The van der Waals surface area contributed by atoms with Crippen LogP contribution < -0.4 is 0 Å². The Balaban J connectivity index is 0.00000108. The van der Waals surface area contributed by atoms with Crippen molar-refractivity contribution in [1.82, 2.24) is 15.0 Å². The average molecular weight is 294 g/mol. The van der Waals surface area contributed by atoms with Gasteiger partial charge in [0.25, 0.3) is 0 Å². The Labute approximate surface area is 124 Å². The van der Waals surface area contributed by atoms with Gasteiger partial charge >= 0.3 is 0 Å². The zero-order chi connectivity index (χ0) is 10.8. The van der Waals surface area contributed by atoms with Gasteiger partial charge in [-0.3, -0.25) is 0 Å². The van der Waals surface area contributed by atoms with Crippen LogP contribution in [0.1, 0.15) is 0 Å². The molecule has 0 bridgehead atoms. The van der Waals surface area contributed by atoms with Crippen LogP contribution >= 0.6 is 0 Å². The van der Waals surface area contributed by atoms with Crippen LogP contribution in [0.5, 0.6) is 0 Å². The van der Waals surface area contributed by atoms with E-state index in [4.69, 9.17) is 0 Å². The maximum Gasteiger partial charge on any atom is 0 e. The molecule has 1 radical (unpaired) electrons. The van der Waals surface area contributed by atoms with Crippen LogP contribution in [0.15, 0.2) is 42.7 Å². The van der Waals surface area contributed by atoms with Crippen molar-refractivity contribution in [2.45, 2.75) is 0 Å². The molecule has 0 fully saturated rings. The molecule has 3 aromatic rings. The summed E-state index contributed by atoms with van der Waals surface area (Å²) in [6.07, 6.45) is 6.00. The van der Waals surface area contributed by atoms with Gasteiger partial charge < -0.3 is 15.0 Å². The summed E-state index contributed by atoms with van der Waals surface area (Å²) in [6.45, 7) is 0. The molecule has 0 unspecified atom stereocenters. The number of nitrogens with zero attached hydrogens (tertiary/aromatic N) is 3. The van der Waals surface area contributed by atoms with Crippen molar-refractivity contribution in [3.05, 3.63) is 55.0 Å². The monoisotopic (exact) mass is 294 g/mol. The first-order chi connectivity index (χ1) is 7.93. The van der Waals surface area contributed by atoms with Crippen LogP contribution in [0.4, 0.5) is 0 Å². The van der Waals surface area contributed by atoms with Crippen LogP contribution in [0.2, 0.25) is 0 Å². The van der Waals surface area contributed by atoms with Gasteiger partial charge in [-0.15, -0.1) is 23.7 Å². The second-order valence-corrected chi connectivity index (χ2v) is 3.32. The minimum absolute atomic E-state index is 0. The van der Waals surface area contributed by atoms with E-state index in [2.05, 4.69) is 27.2 Å². The maximum absolute atomic E-state index is 4.46. The fraction of sp³-hybridized carbons (Fsp3) is 0. The molecule has 79 valence electrons. The van der Waals surface area contributed by atoms with E-state index in [0.717, 1.165) is 10.9 Å². The fourth-order valence-corrected chi connectivity index (χ4v) is 1.51. The van der Waals surface area contributed by atoms with Gasteiger partial charge in [-0.1, -0.05) is 23.7 Å². The Bertz CT molecular complexity index is 626. The SMILES string of the molecule is [Y].[c-]1nccnc1-c1[c-]cc2ccccc2n1. The molecular formula is C13H7N3Y-2. The van der Waals surface area contributed by atoms with E-state index < -0.39 is 0 Å². The van der Waals surface area contributed by atoms with Crippen molar-refractivity contribution < 1.29 is 32.7 Å². The van der Waals surface area contributed by atoms with Gasteiger partial charge in [-0.05, 0) is 17.8 Å². The van der Waals surface area contributed by atoms with Gasteiger partial charge in [0, 0.05) is 32.7 Å². The molecular weight excluding hydrogens is 287 g/mol. The Kier molecular flexibility index (Phi) is 3.92. The summed E-state index contributed by atoms with van der Waals surface area (Å²) >= 11 is 0. The average Bonchev–Trinajstić information content (AvgIpc) is 2.39. The molecule has 0 aliphatic carbocycles. The molecule has 0 spiro atoms. The molecule has 3 rings (SSSR count). The van der Waals surface area contributed by atoms with E-state index in [0.29, 0.717) is 11.4 Å². The normalized spacial score (nSPS) is 9.88. The molecule has 0 aliphatic heterocycles. The Hall–Kier alpha value is -1.19. The summed E-state index contributed by atoms with van der Waals surface area (Å²) in [5.41, 5.74) is 2.22. The Morgan fingerprint density at radius 2 is 1.88 bits per heavy atom. The third-order valence-corrected chi connectivity index (χ3v) is 2.27. The van der Waals surface area contributed by atoms with Gasteiger partial charge in [0.2, 0.25) is 0 Å². The molecule has 0 N–H and O–H groups in total. The number of fused-ring (bicyclic) bond motifs is 1. The number of pyridine rings is 1. The number of hydrogen-bond donors (Lipinski definition) is 0. The Morgan fingerprint density at radius 1 is 1.00 bits per heavy atom. The van der Waals surface area contributed by atoms with Crippen molar-refractivity contribution in [1.29, 1.82) is 0 Å². The van der Waals surface area contributed by atoms with E-state index in [1.165, 1.54) is 0 Å². The third-order valence-electron chi connectivity index (χ3n) is 2.27. The van der Waals surface area contributed by atoms with Crippen LogP contribution in [0.3, 0.4) is 0 Å². The van der Waals surface area contributed by atoms with Crippen molar-refractivity contribution in [3.8, 4) is 11.4 Å². The molecule has 4 heteroatoms. The van der Waals surface area contributed by atoms with Crippen molar-refractivity contribution in [2.75, 3.05) is 0 Å². The predicted molar refractivity (Wildman–Crippen MR) is 60.4 cm³/mol. The molecule has 0 amide bonds. The molecule has 0 aliphatic rings. The first-order valence-corrected chi connectivity index (χ1v) is 4.90. The molecule has 0 saturated heterocycles. The molecule has 2 aromatic heterocycles. The minimum Gasteiger partial charge on any atom is -0.403 e. The summed E-state index contributed by atoms with van der Waals surface area (Å²) in [7, 11) is 0. The van der Waals surface area contributed by atoms with Crippen molar-refractivity contribution >= 4 is 10.9 Å². The summed E-state index contributed by atoms with van der Waals surface area (Å²) in [4.78, 5) is 12.5. The molecule has 17 heavy (non-hydrogen) atoms. The number of hydrogen-bond acceptors (Lipinski definition) is 3. The number of rotatable bonds is 1. The summed E-state index contributed by atoms with van der Waals surface area (Å²) in [6, 6.07) is 12.9. The zero-order valence-corrected chi connectivity index (χ0v) is 11.8. The summed E-state index contributed by atoms with van der Waals surface area (Å²) in [5.74, 6) is 0. The Morgan fingerprint density at radius 3 is 2.71 bits per heavy atom. The van der Waals surface area contributed by atoms with Crippen LogP contribution in [0, 0.1) is 12.3 Å². The van der Waals surface area contributed by atoms with Gasteiger partial charge in [-0.2, -0.15) is 6.07 Å². The van der Waals surface area contributed by atoms with Gasteiger partial charge in [0.1, 0.15) is 0 Å². The van der Waals surface area contributed by atoms with E-state index in [1.807, 2.05) is 30.3 Å². The number of aromatic nitrogens is 3. The molecule has 0 atom stereocenters. The fourth-order valence-electron chi connectivity index (χ4n) is 1.51. The zero-order valence-electron chi connectivity index (χ0n) is 8.96. The topological polar surface area (TPSA) is 38.7 Å². The third kappa shape index (κ3) is 2.56. The summed E-state index contributed by atoms with van der Waals surface area (Å²) < 4.78 is 0. The van der Waals surface area contributed by atoms with Crippen molar-refractivity contribution in [3.63, 3.8) is 0 Å². The van der Waals surface area contributed by atoms with Crippen LogP contribution in [-0.4, -0.2) is 15.0 Å². The maximum atomic E-state index is 4.46. The molecule has 1 aromatic carbocycles. The van der Waals surface area contributed by atoms with E-state index in [-0.39, 0.29) is 32.7 Å². The number of para-hydroxylation sites is 1. The van der Waals surface area contributed by atoms with Crippen LogP contribution in [-0.2, 0) is 32.7 Å². The molecule has 0 saturated carbocycles. The predicted octanol–water partition coefficient (Wildman–Crippen LogP) is 2.29. The van der Waals surface area contributed by atoms with Gasteiger partial charge in [0.15, 0.2) is 0 Å². The summed E-state index contributed by atoms with van der Waals surface area (Å²) in [5, 5.41) is 1.06. The quantitative estimate of drug-likeness (QED) is 0.646. The van der Waals surface area contributed by atoms with Gasteiger partial charge in [0.05, 0.1) is 0 Å². The first kappa shape index (κ1) is 12.3. The number of benzene rings is 1. The van der Waals surface area contributed by atoms with Gasteiger partial charge in [-0.25, -0.2) is 6.07 Å². The van der Waals surface area contributed by atoms with Crippen LogP contribution in [0.25, 0.3) is 22.3 Å². The molecule has 2 heterocycles. The molecule has 3 nitrogen and oxygen atoms in total.